The number of nitrogens with one attached hydrogen (secondary N) is 1. The van der Waals surface area contributed by atoms with E-state index in [1.165, 1.54) is 25.7 Å². The number of rotatable bonds is 5. The second-order valence-electron chi connectivity index (χ2n) is 6.88. The van der Waals surface area contributed by atoms with E-state index >= 15 is 0 Å². The van der Waals surface area contributed by atoms with E-state index in [9.17, 15) is 9.90 Å². The molecule has 0 spiro atoms. The fourth-order valence-corrected chi connectivity index (χ4v) is 3.61. The quantitative estimate of drug-likeness (QED) is 0.870. The van der Waals surface area contributed by atoms with Crippen molar-refractivity contribution in [2.45, 2.75) is 50.7 Å². The second kappa shape index (κ2) is 7.88. The lowest BCUT2D eigenvalue weighted by atomic mass is 9.76. The van der Waals surface area contributed by atoms with Crippen LogP contribution in [-0.2, 0) is 4.79 Å². The number of carbonyl (C=O) groups excluding carboxylic acids is 1. The molecule has 5 nitrogen and oxygen atoms in total. The lowest BCUT2D eigenvalue weighted by molar-refractivity contribution is -0.124. The molecule has 1 aromatic rings. The number of likely N-dealkylation sites (tertiary alicyclic amines) is 1. The highest BCUT2D eigenvalue weighted by Crippen LogP contribution is 2.37. The first-order valence-electron chi connectivity index (χ1n) is 8.83. The van der Waals surface area contributed by atoms with E-state index in [-0.39, 0.29) is 24.0 Å². The van der Waals surface area contributed by atoms with Crippen LogP contribution < -0.4 is 5.32 Å². The van der Waals surface area contributed by atoms with Crippen molar-refractivity contribution in [1.29, 1.82) is 0 Å². The van der Waals surface area contributed by atoms with Crippen molar-refractivity contribution < 1.29 is 9.90 Å². The average Bonchev–Trinajstić information content (AvgIpc) is 2.79. The summed E-state index contributed by atoms with van der Waals surface area (Å²) in [6.07, 6.45) is 7.93. The summed E-state index contributed by atoms with van der Waals surface area (Å²) < 4.78 is 0. The Kier molecular flexibility index (Phi) is 5.62. The van der Waals surface area contributed by atoms with Crippen LogP contribution in [0.25, 0.3) is 0 Å². The molecule has 0 bridgehead atoms. The minimum absolute atomic E-state index is 0.0731. The highest BCUT2D eigenvalue weighted by Gasteiger charge is 2.36. The van der Waals surface area contributed by atoms with E-state index in [2.05, 4.69) is 15.2 Å². The fraction of sp³-hybridized carbons (Fsp3) is 0.667. The zero-order valence-corrected chi connectivity index (χ0v) is 13.7. The van der Waals surface area contributed by atoms with Crippen molar-refractivity contribution in [2.75, 3.05) is 19.6 Å². The highest BCUT2D eigenvalue weighted by molar-refractivity contribution is 5.78. The number of aliphatic hydroxyl groups excluding tert-OH is 1. The standard InChI is InChI=1S/C18H27N3O2/c22-15-11-14(12-15)18(16-7-3-4-8-19-16)20-17(23)13-21-9-5-1-2-6-10-21/h3-4,7-8,14-15,18,22H,1-2,5-6,9-13H2,(H,20,23)/t14?,15?,18-/m0/s1. The lowest BCUT2D eigenvalue weighted by Gasteiger charge is -2.38. The normalized spacial score (nSPS) is 26.8. The molecule has 1 amide bonds. The molecule has 2 aliphatic rings. The third-order valence-electron chi connectivity index (χ3n) is 5.01. The molecule has 5 heteroatoms. The molecule has 2 N–H and O–H groups in total. The van der Waals surface area contributed by atoms with E-state index in [4.69, 9.17) is 0 Å². The Morgan fingerprint density at radius 2 is 2.00 bits per heavy atom. The van der Waals surface area contributed by atoms with Gasteiger partial charge in [-0.2, -0.15) is 0 Å². The number of hydrogen-bond donors (Lipinski definition) is 2. The van der Waals surface area contributed by atoms with Crippen LogP contribution in [0, 0.1) is 5.92 Å². The molecule has 0 aromatic carbocycles. The largest absolute Gasteiger partial charge is 0.393 e. The average molecular weight is 317 g/mol. The van der Waals surface area contributed by atoms with Gasteiger partial charge in [-0.15, -0.1) is 0 Å². The molecule has 0 unspecified atom stereocenters. The Labute approximate surface area is 138 Å². The molecule has 1 aliphatic heterocycles. The summed E-state index contributed by atoms with van der Waals surface area (Å²) in [4.78, 5) is 19.2. The van der Waals surface area contributed by atoms with Crippen molar-refractivity contribution >= 4 is 5.91 Å². The third kappa shape index (κ3) is 4.52. The monoisotopic (exact) mass is 317 g/mol. The number of nitrogens with zero attached hydrogens (tertiary/aromatic N) is 2. The van der Waals surface area contributed by atoms with E-state index in [0.717, 1.165) is 31.6 Å². The molecule has 0 radical (unpaired) electrons. The van der Waals surface area contributed by atoms with Gasteiger partial charge in [0.15, 0.2) is 0 Å². The zero-order chi connectivity index (χ0) is 16.1. The first kappa shape index (κ1) is 16.4. The summed E-state index contributed by atoms with van der Waals surface area (Å²) in [6, 6.07) is 5.71. The Morgan fingerprint density at radius 3 is 2.61 bits per heavy atom. The first-order valence-corrected chi connectivity index (χ1v) is 8.83. The van der Waals surface area contributed by atoms with Crippen molar-refractivity contribution in [2.24, 2.45) is 5.92 Å². The minimum atomic E-state index is -0.228. The van der Waals surface area contributed by atoms with Crippen LogP contribution in [0.5, 0.6) is 0 Å². The van der Waals surface area contributed by atoms with Crippen LogP contribution >= 0.6 is 0 Å². The summed E-state index contributed by atoms with van der Waals surface area (Å²) in [6.45, 7) is 2.51. The Bertz CT molecular complexity index is 494. The summed E-state index contributed by atoms with van der Waals surface area (Å²) in [5.74, 6) is 0.358. The van der Waals surface area contributed by atoms with Gasteiger partial charge in [-0.25, -0.2) is 0 Å². The van der Waals surface area contributed by atoms with Crippen molar-refractivity contribution in [3.05, 3.63) is 30.1 Å². The molecule has 23 heavy (non-hydrogen) atoms. The van der Waals surface area contributed by atoms with Crippen molar-refractivity contribution in [3.63, 3.8) is 0 Å². The molecule has 1 aromatic heterocycles. The SMILES string of the molecule is O=C(CN1CCCCCC1)N[C@H](c1ccccn1)C1CC(O)C1. The van der Waals surface area contributed by atoms with Crippen LogP contribution in [0.4, 0.5) is 0 Å². The highest BCUT2D eigenvalue weighted by atomic mass is 16.3. The topological polar surface area (TPSA) is 65.5 Å². The number of pyridine rings is 1. The van der Waals surface area contributed by atoms with Gasteiger partial charge in [-0.3, -0.25) is 14.7 Å². The van der Waals surface area contributed by atoms with Crippen LogP contribution in [0.3, 0.4) is 0 Å². The van der Waals surface area contributed by atoms with E-state index in [0.29, 0.717) is 6.54 Å². The Balaban J connectivity index is 1.60. The second-order valence-corrected chi connectivity index (χ2v) is 6.88. The predicted octanol–water partition coefficient (Wildman–Crippen LogP) is 1.89. The number of aromatic nitrogens is 1. The molecule has 1 saturated carbocycles. The van der Waals surface area contributed by atoms with Gasteiger partial charge < -0.3 is 10.4 Å². The number of amides is 1. The Hall–Kier alpha value is -1.46. The lowest BCUT2D eigenvalue weighted by Crippen LogP contribution is -2.45. The van der Waals surface area contributed by atoms with E-state index in [1.807, 2.05) is 18.2 Å². The molecular weight excluding hydrogens is 290 g/mol. The van der Waals surface area contributed by atoms with Crippen LogP contribution in [-0.4, -0.2) is 46.6 Å². The summed E-state index contributed by atoms with van der Waals surface area (Å²) >= 11 is 0. The third-order valence-corrected chi connectivity index (χ3v) is 5.01. The van der Waals surface area contributed by atoms with Crippen molar-refractivity contribution in [3.8, 4) is 0 Å². The van der Waals surface area contributed by atoms with Crippen LogP contribution in [0.15, 0.2) is 24.4 Å². The molecule has 3 rings (SSSR count). The smallest absolute Gasteiger partial charge is 0.234 e. The summed E-state index contributed by atoms with van der Waals surface area (Å²) in [5.41, 5.74) is 0.897. The summed E-state index contributed by atoms with van der Waals surface area (Å²) in [5, 5.41) is 12.8. The maximum Gasteiger partial charge on any atom is 0.234 e. The molecule has 1 aliphatic carbocycles. The van der Waals surface area contributed by atoms with Gasteiger partial charge in [0.1, 0.15) is 0 Å². The van der Waals surface area contributed by atoms with Gasteiger partial charge in [0.05, 0.1) is 24.4 Å². The zero-order valence-electron chi connectivity index (χ0n) is 13.7. The maximum atomic E-state index is 12.5. The van der Waals surface area contributed by atoms with Crippen molar-refractivity contribution in [1.82, 2.24) is 15.2 Å². The number of hydrogen-bond acceptors (Lipinski definition) is 4. The van der Waals surface area contributed by atoms with Gasteiger partial charge in [0.2, 0.25) is 5.91 Å². The number of aliphatic hydroxyl groups is 1. The Morgan fingerprint density at radius 1 is 1.26 bits per heavy atom. The van der Waals surface area contributed by atoms with E-state index in [1.54, 1.807) is 6.20 Å². The van der Waals surface area contributed by atoms with Gasteiger partial charge in [0, 0.05) is 6.20 Å². The minimum Gasteiger partial charge on any atom is -0.393 e. The number of carbonyl (C=O) groups is 1. The fourth-order valence-electron chi connectivity index (χ4n) is 3.61. The molecular formula is C18H27N3O2. The molecule has 2 heterocycles. The molecule has 1 saturated heterocycles. The maximum absolute atomic E-state index is 12.5. The van der Waals surface area contributed by atoms with Gasteiger partial charge in [0.25, 0.3) is 0 Å². The van der Waals surface area contributed by atoms with Crippen LogP contribution in [0.2, 0.25) is 0 Å². The van der Waals surface area contributed by atoms with Gasteiger partial charge >= 0.3 is 0 Å². The van der Waals surface area contributed by atoms with Gasteiger partial charge in [-0.05, 0) is 56.8 Å². The first-order chi connectivity index (χ1) is 11.2. The van der Waals surface area contributed by atoms with Crippen LogP contribution in [0.1, 0.15) is 50.3 Å². The molecule has 1 atom stereocenters. The van der Waals surface area contributed by atoms with E-state index < -0.39 is 0 Å². The molecule has 2 fully saturated rings. The van der Waals surface area contributed by atoms with Gasteiger partial charge in [-0.1, -0.05) is 18.9 Å². The predicted molar refractivity (Wildman–Crippen MR) is 88.8 cm³/mol. The summed E-state index contributed by atoms with van der Waals surface area (Å²) in [7, 11) is 0. The molecule has 126 valence electrons.